The summed E-state index contributed by atoms with van der Waals surface area (Å²) >= 11 is 0. The molecule has 0 saturated carbocycles. The van der Waals surface area contributed by atoms with Gasteiger partial charge in [-0.2, -0.15) is 4.98 Å². The van der Waals surface area contributed by atoms with E-state index < -0.39 is 4.92 Å². The molecule has 1 saturated heterocycles. The minimum absolute atomic E-state index is 0.0191. The highest BCUT2D eigenvalue weighted by Gasteiger charge is 2.34. The number of rotatable bonds is 4. The minimum Gasteiger partial charge on any atom is -0.476 e. The zero-order valence-corrected chi connectivity index (χ0v) is 11.7. The van der Waals surface area contributed by atoms with Crippen LogP contribution in [0.2, 0.25) is 0 Å². The maximum absolute atomic E-state index is 11.3. The van der Waals surface area contributed by atoms with Gasteiger partial charge >= 0.3 is 5.69 Å². The van der Waals surface area contributed by atoms with Crippen LogP contribution in [0.5, 0.6) is 5.88 Å². The lowest BCUT2D eigenvalue weighted by Crippen LogP contribution is -2.47. The third kappa shape index (κ3) is 2.64. The van der Waals surface area contributed by atoms with E-state index in [0.717, 1.165) is 12.8 Å². The molecule has 0 radical (unpaired) electrons. The Morgan fingerprint density at radius 1 is 1.60 bits per heavy atom. The summed E-state index contributed by atoms with van der Waals surface area (Å²) in [6.07, 6.45) is 3.15. The van der Waals surface area contributed by atoms with Crippen molar-refractivity contribution < 1.29 is 9.66 Å². The van der Waals surface area contributed by atoms with Crippen LogP contribution in [0.25, 0.3) is 0 Å². The van der Waals surface area contributed by atoms with Gasteiger partial charge in [0, 0.05) is 19.1 Å². The number of anilines is 1. The maximum Gasteiger partial charge on any atom is 0.372 e. The van der Waals surface area contributed by atoms with Crippen molar-refractivity contribution in [3.05, 3.63) is 16.4 Å². The van der Waals surface area contributed by atoms with Gasteiger partial charge in [0.15, 0.2) is 0 Å². The smallest absolute Gasteiger partial charge is 0.372 e. The van der Waals surface area contributed by atoms with Gasteiger partial charge in [0.1, 0.15) is 6.33 Å². The molecule has 8 nitrogen and oxygen atoms in total. The van der Waals surface area contributed by atoms with Crippen molar-refractivity contribution in [2.24, 2.45) is 11.7 Å². The van der Waals surface area contributed by atoms with Crippen LogP contribution >= 0.6 is 0 Å². The Morgan fingerprint density at radius 3 is 2.95 bits per heavy atom. The van der Waals surface area contributed by atoms with Crippen molar-refractivity contribution >= 4 is 11.5 Å². The standard InChI is InChI=1S/C12H19N5O3/c1-8-3-4-16(9(5-8)6-13)11-10(17(18)19)12(20-2)15-7-14-11/h7-9H,3-6,13H2,1-2H3. The van der Waals surface area contributed by atoms with Crippen LogP contribution in [0.1, 0.15) is 19.8 Å². The molecule has 1 aliphatic heterocycles. The minimum atomic E-state index is -0.500. The Bertz CT molecular complexity index is 496. The summed E-state index contributed by atoms with van der Waals surface area (Å²) in [7, 11) is 1.36. The van der Waals surface area contributed by atoms with Gasteiger partial charge in [-0.1, -0.05) is 6.92 Å². The van der Waals surface area contributed by atoms with Crippen LogP contribution in [-0.4, -0.2) is 41.1 Å². The number of piperidine rings is 1. The molecule has 2 rings (SSSR count). The molecule has 2 heterocycles. The molecule has 0 aromatic carbocycles. The number of aromatic nitrogens is 2. The number of hydrogen-bond donors (Lipinski definition) is 1. The van der Waals surface area contributed by atoms with E-state index in [1.54, 1.807) is 0 Å². The van der Waals surface area contributed by atoms with Gasteiger partial charge in [-0.15, -0.1) is 0 Å². The first-order valence-electron chi connectivity index (χ1n) is 6.58. The SMILES string of the molecule is COc1ncnc(N2CCC(C)CC2CN)c1[N+](=O)[O-]. The Balaban J connectivity index is 2.43. The van der Waals surface area contributed by atoms with Crippen LogP contribution in [0.3, 0.4) is 0 Å². The summed E-state index contributed by atoms with van der Waals surface area (Å²) in [5.74, 6) is 0.834. The fourth-order valence-electron chi connectivity index (χ4n) is 2.63. The zero-order chi connectivity index (χ0) is 14.7. The Morgan fingerprint density at radius 2 is 2.35 bits per heavy atom. The third-order valence-electron chi connectivity index (χ3n) is 3.67. The first-order chi connectivity index (χ1) is 9.58. The summed E-state index contributed by atoms with van der Waals surface area (Å²) in [5, 5.41) is 11.3. The van der Waals surface area contributed by atoms with Crippen LogP contribution in [0, 0.1) is 16.0 Å². The van der Waals surface area contributed by atoms with Gasteiger partial charge < -0.3 is 15.4 Å². The lowest BCUT2D eigenvalue weighted by atomic mass is 9.92. The number of nitro groups is 1. The number of nitrogens with zero attached hydrogens (tertiary/aromatic N) is 4. The summed E-state index contributed by atoms with van der Waals surface area (Å²) < 4.78 is 4.98. The van der Waals surface area contributed by atoms with Crippen molar-refractivity contribution in [2.45, 2.75) is 25.8 Å². The van der Waals surface area contributed by atoms with Crippen LogP contribution < -0.4 is 15.4 Å². The summed E-state index contributed by atoms with van der Waals surface area (Å²) in [6, 6.07) is 0.0528. The van der Waals surface area contributed by atoms with Gasteiger partial charge in [0.05, 0.1) is 12.0 Å². The Labute approximate surface area is 117 Å². The van der Waals surface area contributed by atoms with Crippen molar-refractivity contribution in [1.29, 1.82) is 0 Å². The van der Waals surface area contributed by atoms with Crippen molar-refractivity contribution in [2.75, 3.05) is 25.1 Å². The maximum atomic E-state index is 11.3. The third-order valence-corrected chi connectivity index (χ3v) is 3.67. The topological polar surface area (TPSA) is 107 Å². The van der Waals surface area contributed by atoms with Crippen molar-refractivity contribution in [1.82, 2.24) is 9.97 Å². The molecular weight excluding hydrogens is 262 g/mol. The van der Waals surface area contributed by atoms with E-state index in [1.165, 1.54) is 13.4 Å². The average Bonchev–Trinajstić information content (AvgIpc) is 2.46. The molecule has 2 atom stereocenters. The molecule has 1 aliphatic rings. The molecule has 0 amide bonds. The van der Waals surface area contributed by atoms with Crippen molar-refractivity contribution in [3.63, 3.8) is 0 Å². The predicted molar refractivity (Wildman–Crippen MR) is 73.8 cm³/mol. The van der Waals surface area contributed by atoms with E-state index in [9.17, 15) is 10.1 Å². The Hall–Kier alpha value is -1.96. The number of nitrogens with two attached hydrogens (primary N) is 1. The van der Waals surface area contributed by atoms with E-state index in [4.69, 9.17) is 10.5 Å². The van der Waals surface area contributed by atoms with Crippen molar-refractivity contribution in [3.8, 4) is 5.88 Å². The molecule has 1 aromatic rings. The van der Waals surface area contributed by atoms with Gasteiger partial charge in [0.25, 0.3) is 5.88 Å². The molecule has 0 bridgehead atoms. The lowest BCUT2D eigenvalue weighted by Gasteiger charge is -2.38. The Kier molecular flexibility index (Phi) is 4.33. The van der Waals surface area contributed by atoms with E-state index in [0.29, 0.717) is 24.8 Å². The summed E-state index contributed by atoms with van der Waals surface area (Å²) in [4.78, 5) is 20.6. The van der Waals surface area contributed by atoms with Gasteiger partial charge in [-0.05, 0) is 18.8 Å². The first kappa shape index (κ1) is 14.4. The lowest BCUT2D eigenvalue weighted by molar-refractivity contribution is -0.385. The normalized spacial score (nSPS) is 22.6. The van der Waals surface area contributed by atoms with Gasteiger partial charge in [0.2, 0.25) is 5.82 Å². The molecule has 1 fully saturated rings. The average molecular weight is 281 g/mol. The fraction of sp³-hybridized carbons (Fsp3) is 0.667. The number of methoxy groups -OCH3 is 1. The molecule has 2 N–H and O–H groups in total. The highest BCUT2D eigenvalue weighted by molar-refractivity contribution is 5.63. The van der Waals surface area contributed by atoms with Crippen LogP contribution in [0.15, 0.2) is 6.33 Å². The quantitative estimate of drug-likeness (QED) is 0.646. The molecule has 8 heteroatoms. The predicted octanol–water partition coefficient (Wildman–Crippen LogP) is 0.957. The van der Waals surface area contributed by atoms with E-state index in [1.807, 2.05) is 4.90 Å². The number of ether oxygens (including phenoxy) is 1. The molecular formula is C12H19N5O3. The van der Waals surface area contributed by atoms with E-state index >= 15 is 0 Å². The highest BCUT2D eigenvalue weighted by Crippen LogP contribution is 2.36. The zero-order valence-electron chi connectivity index (χ0n) is 11.7. The highest BCUT2D eigenvalue weighted by atomic mass is 16.6. The van der Waals surface area contributed by atoms with E-state index in [-0.39, 0.29) is 17.6 Å². The van der Waals surface area contributed by atoms with E-state index in [2.05, 4.69) is 16.9 Å². The molecule has 20 heavy (non-hydrogen) atoms. The second-order valence-corrected chi connectivity index (χ2v) is 5.02. The second-order valence-electron chi connectivity index (χ2n) is 5.02. The summed E-state index contributed by atoms with van der Waals surface area (Å²) in [5.41, 5.74) is 5.61. The fourth-order valence-corrected chi connectivity index (χ4v) is 2.63. The summed E-state index contributed by atoms with van der Waals surface area (Å²) in [6.45, 7) is 3.30. The van der Waals surface area contributed by atoms with Gasteiger partial charge in [-0.25, -0.2) is 4.98 Å². The first-order valence-corrected chi connectivity index (χ1v) is 6.58. The molecule has 0 spiro atoms. The monoisotopic (exact) mass is 281 g/mol. The second kappa shape index (κ2) is 6.00. The molecule has 1 aromatic heterocycles. The molecule has 0 aliphatic carbocycles. The molecule has 110 valence electrons. The molecule has 2 unspecified atom stereocenters. The largest absolute Gasteiger partial charge is 0.476 e. The van der Waals surface area contributed by atoms with Gasteiger partial charge in [-0.3, -0.25) is 10.1 Å². The van der Waals surface area contributed by atoms with Crippen LogP contribution in [-0.2, 0) is 0 Å². The number of hydrogen-bond acceptors (Lipinski definition) is 7. The van der Waals surface area contributed by atoms with Crippen LogP contribution in [0.4, 0.5) is 11.5 Å².